The molecule has 0 aliphatic heterocycles. The molecule has 10 heteroatoms. The maximum Gasteiger partial charge on any atom is 0.573 e. The quantitative estimate of drug-likeness (QED) is 0.661. The highest BCUT2D eigenvalue weighted by Crippen LogP contribution is 2.44. The minimum atomic E-state index is -5.36. The number of alkyl halides is 7. The van der Waals surface area contributed by atoms with Crippen LogP contribution in [0.15, 0.2) is 6.20 Å². The first-order valence-electron chi connectivity index (χ1n) is 4.16. The van der Waals surface area contributed by atoms with E-state index in [1.807, 2.05) is 0 Å². The molecule has 0 atom stereocenters. The number of ether oxygens (including phenoxy) is 1. The van der Waals surface area contributed by atoms with E-state index in [0.717, 1.165) is 0 Å². The molecule has 1 N–H and O–H groups in total. The molecular weight excluding hydrogens is 336 g/mol. The van der Waals surface area contributed by atoms with Gasteiger partial charge in [-0.2, -0.15) is 13.2 Å². The topological polar surface area (TPSA) is 42.4 Å². The molecule has 0 aliphatic carbocycles. The Labute approximate surface area is 105 Å². The number of rotatable bonds is 2. The van der Waals surface area contributed by atoms with Crippen LogP contribution in [0.3, 0.4) is 0 Å². The lowest BCUT2D eigenvalue weighted by molar-refractivity contribution is -0.276. The van der Waals surface area contributed by atoms with Crippen molar-refractivity contribution >= 4 is 15.9 Å². The maximum atomic E-state index is 12.6. The summed E-state index contributed by atoms with van der Waals surface area (Å²) in [6.45, 7) is 0. The van der Waals surface area contributed by atoms with Gasteiger partial charge in [-0.3, -0.25) is 4.98 Å². The number of hydrogen-bond donors (Lipinski definition) is 1. The normalized spacial score (nSPS) is 12.6. The number of aromatic nitrogens is 1. The molecule has 0 saturated carbocycles. The lowest BCUT2D eigenvalue weighted by Gasteiger charge is -2.18. The SMILES string of the molecule is Oc1cnc(CBr)c(C(F)(F)F)c1OC(F)(F)F. The lowest BCUT2D eigenvalue weighted by Crippen LogP contribution is -2.21. The van der Waals surface area contributed by atoms with Crippen molar-refractivity contribution in [1.29, 1.82) is 0 Å². The van der Waals surface area contributed by atoms with Gasteiger partial charge in [-0.15, -0.1) is 13.2 Å². The highest BCUT2D eigenvalue weighted by molar-refractivity contribution is 9.08. The van der Waals surface area contributed by atoms with Gasteiger partial charge in [-0.25, -0.2) is 0 Å². The summed E-state index contributed by atoms with van der Waals surface area (Å²) in [6, 6.07) is 0. The van der Waals surface area contributed by atoms with E-state index in [9.17, 15) is 26.3 Å². The van der Waals surface area contributed by atoms with Crippen LogP contribution < -0.4 is 4.74 Å². The summed E-state index contributed by atoms with van der Waals surface area (Å²) >= 11 is 2.66. The van der Waals surface area contributed by atoms with Crippen LogP contribution in [-0.4, -0.2) is 16.5 Å². The van der Waals surface area contributed by atoms with Gasteiger partial charge < -0.3 is 9.84 Å². The molecule has 0 bridgehead atoms. The molecule has 1 aromatic heterocycles. The molecule has 0 unspecified atom stereocenters. The third-order valence-electron chi connectivity index (χ3n) is 1.72. The van der Waals surface area contributed by atoms with Crippen molar-refractivity contribution < 1.29 is 36.2 Å². The van der Waals surface area contributed by atoms with Gasteiger partial charge in [0.15, 0.2) is 11.5 Å². The second-order valence-corrected chi connectivity index (χ2v) is 3.53. The van der Waals surface area contributed by atoms with Crippen molar-refractivity contribution in [3.05, 3.63) is 17.5 Å². The second-order valence-electron chi connectivity index (χ2n) is 2.97. The Morgan fingerprint density at radius 2 is 1.78 bits per heavy atom. The Kier molecular flexibility index (Phi) is 3.99. The molecule has 102 valence electrons. The molecule has 1 aromatic rings. The first kappa shape index (κ1) is 14.9. The number of halogens is 7. The summed E-state index contributed by atoms with van der Waals surface area (Å²) in [5, 5.41) is 8.59. The smallest absolute Gasteiger partial charge is 0.503 e. The van der Waals surface area contributed by atoms with Crippen molar-refractivity contribution in [1.82, 2.24) is 4.98 Å². The van der Waals surface area contributed by atoms with E-state index in [1.54, 1.807) is 0 Å². The van der Waals surface area contributed by atoms with E-state index >= 15 is 0 Å². The fourth-order valence-electron chi connectivity index (χ4n) is 1.13. The zero-order valence-electron chi connectivity index (χ0n) is 8.23. The molecule has 0 amide bonds. The number of hydrogen-bond acceptors (Lipinski definition) is 3. The molecule has 3 nitrogen and oxygen atoms in total. The molecule has 18 heavy (non-hydrogen) atoms. The van der Waals surface area contributed by atoms with Gasteiger partial charge in [0.1, 0.15) is 5.56 Å². The zero-order chi connectivity index (χ0) is 14.1. The van der Waals surface area contributed by atoms with Crippen molar-refractivity contribution in [3.63, 3.8) is 0 Å². The van der Waals surface area contributed by atoms with E-state index in [4.69, 9.17) is 5.11 Å². The molecule has 0 fully saturated rings. The second kappa shape index (κ2) is 4.82. The van der Waals surface area contributed by atoms with E-state index in [1.165, 1.54) is 0 Å². The van der Waals surface area contributed by atoms with Crippen molar-refractivity contribution in [3.8, 4) is 11.5 Å². The number of aromatic hydroxyl groups is 1. The van der Waals surface area contributed by atoms with Crippen LogP contribution in [0, 0.1) is 0 Å². The standard InChI is InChI=1S/C8H4BrF6NO2/c9-1-3-5(7(10,11)12)6(4(17)2-16-3)18-8(13,14)15/h2,17H,1H2. The van der Waals surface area contributed by atoms with Crippen LogP contribution in [0.25, 0.3) is 0 Å². The van der Waals surface area contributed by atoms with Gasteiger partial charge in [0.25, 0.3) is 0 Å². The predicted molar refractivity (Wildman–Crippen MR) is 50.2 cm³/mol. The van der Waals surface area contributed by atoms with E-state index in [-0.39, 0.29) is 0 Å². The summed E-state index contributed by atoms with van der Waals surface area (Å²) < 4.78 is 77.1. The molecular formula is C8H4BrF6NO2. The molecule has 1 rings (SSSR count). The maximum absolute atomic E-state index is 12.6. The first-order chi connectivity index (χ1) is 8.06. The van der Waals surface area contributed by atoms with Crippen LogP contribution >= 0.6 is 15.9 Å². The van der Waals surface area contributed by atoms with Crippen LogP contribution in [-0.2, 0) is 11.5 Å². The summed E-state index contributed by atoms with van der Waals surface area (Å²) in [4.78, 5) is 3.19. The van der Waals surface area contributed by atoms with Gasteiger partial charge in [0.05, 0.1) is 11.9 Å². The number of nitrogens with zero attached hydrogens (tertiary/aromatic N) is 1. The summed E-state index contributed by atoms with van der Waals surface area (Å²) in [6.07, 6.45) is -10.1. The summed E-state index contributed by atoms with van der Waals surface area (Å²) in [5.74, 6) is -3.05. The molecule has 0 radical (unpaired) electrons. The third-order valence-corrected chi connectivity index (χ3v) is 2.25. The van der Waals surface area contributed by atoms with E-state index in [2.05, 4.69) is 25.7 Å². The molecule has 0 spiro atoms. The summed E-state index contributed by atoms with van der Waals surface area (Å²) in [5.41, 5.74) is -2.49. The van der Waals surface area contributed by atoms with Crippen molar-refractivity contribution in [2.24, 2.45) is 0 Å². The van der Waals surface area contributed by atoms with Gasteiger partial charge in [-0.05, 0) is 0 Å². The fourth-order valence-corrected chi connectivity index (χ4v) is 1.56. The molecule has 0 saturated heterocycles. The van der Waals surface area contributed by atoms with Crippen LogP contribution in [0.5, 0.6) is 11.5 Å². The number of pyridine rings is 1. The minimum Gasteiger partial charge on any atom is -0.503 e. The van der Waals surface area contributed by atoms with Crippen LogP contribution in [0.2, 0.25) is 0 Å². The predicted octanol–water partition coefficient (Wildman–Crippen LogP) is 3.60. The fraction of sp³-hybridized carbons (Fsp3) is 0.375. The van der Waals surface area contributed by atoms with Crippen molar-refractivity contribution in [2.45, 2.75) is 17.9 Å². The van der Waals surface area contributed by atoms with Gasteiger partial charge in [-0.1, -0.05) is 15.9 Å². The van der Waals surface area contributed by atoms with Crippen LogP contribution in [0.4, 0.5) is 26.3 Å². The highest BCUT2D eigenvalue weighted by atomic mass is 79.9. The third kappa shape index (κ3) is 3.40. The largest absolute Gasteiger partial charge is 0.573 e. The Balaban J connectivity index is 3.46. The molecule has 0 aromatic carbocycles. The highest BCUT2D eigenvalue weighted by Gasteiger charge is 2.43. The van der Waals surface area contributed by atoms with E-state index < -0.39 is 40.6 Å². The average molecular weight is 340 g/mol. The van der Waals surface area contributed by atoms with Gasteiger partial charge in [0.2, 0.25) is 0 Å². The Hall–Kier alpha value is -1.19. The lowest BCUT2D eigenvalue weighted by atomic mass is 10.1. The van der Waals surface area contributed by atoms with Crippen molar-refractivity contribution in [2.75, 3.05) is 0 Å². The molecule has 0 aliphatic rings. The van der Waals surface area contributed by atoms with Crippen LogP contribution in [0.1, 0.15) is 11.3 Å². The molecule has 1 heterocycles. The zero-order valence-corrected chi connectivity index (χ0v) is 9.82. The summed E-state index contributed by atoms with van der Waals surface area (Å²) in [7, 11) is 0. The van der Waals surface area contributed by atoms with Gasteiger partial charge >= 0.3 is 12.5 Å². The van der Waals surface area contributed by atoms with E-state index in [0.29, 0.717) is 6.20 Å². The first-order valence-corrected chi connectivity index (χ1v) is 5.28. The Morgan fingerprint density at radius 1 is 1.22 bits per heavy atom. The average Bonchev–Trinajstić information content (AvgIpc) is 2.17. The monoisotopic (exact) mass is 339 g/mol. The Morgan fingerprint density at radius 3 is 2.17 bits per heavy atom. The Bertz CT molecular complexity index is 444. The minimum absolute atomic E-state index is 0.448. The van der Waals surface area contributed by atoms with Gasteiger partial charge in [0, 0.05) is 5.33 Å².